The lowest BCUT2D eigenvalue weighted by molar-refractivity contribution is 0.0830. The molecule has 0 fully saturated rings. The fourth-order valence-corrected chi connectivity index (χ4v) is 1.72. The molecule has 0 saturated heterocycles. The van der Waals surface area contributed by atoms with Crippen molar-refractivity contribution in [2.45, 2.75) is 26.0 Å². The summed E-state index contributed by atoms with van der Waals surface area (Å²) in [6.45, 7) is 5.11. The van der Waals surface area contributed by atoms with Crippen LogP contribution in [0.25, 0.3) is 0 Å². The highest BCUT2D eigenvalue weighted by molar-refractivity contribution is 5.14. The Hall–Kier alpha value is -0.900. The summed E-state index contributed by atoms with van der Waals surface area (Å²) in [4.78, 5) is 2.23. The van der Waals surface area contributed by atoms with Gasteiger partial charge in [-0.05, 0) is 12.0 Å². The summed E-state index contributed by atoms with van der Waals surface area (Å²) in [6.07, 6.45) is 0.536. The summed E-state index contributed by atoms with van der Waals surface area (Å²) in [5, 5.41) is 9.72. The Morgan fingerprint density at radius 1 is 1.29 bits per heavy atom. The molecule has 0 spiro atoms. The second-order valence-corrected chi connectivity index (χ2v) is 4.28. The minimum atomic E-state index is -0.254. The quantitative estimate of drug-likeness (QED) is 0.749. The normalized spacial score (nSPS) is 12.9. The van der Waals surface area contributed by atoms with Crippen LogP contribution >= 0.6 is 0 Å². The Morgan fingerprint density at radius 3 is 2.59 bits per heavy atom. The van der Waals surface area contributed by atoms with Gasteiger partial charge >= 0.3 is 0 Å². The van der Waals surface area contributed by atoms with Gasteiger partial charge in [0.25, 0.3) is 0 Å². The van der Waals surface area contributed by atoms with Crippen molar-refractivity contribution in [3.05, 3.63) is 35.9 Å². The Balaban J connectivity index is 2.50. The van der Waals surface area contributed by atoms with Crippen molar-refractivity contribution in [2.75, 3.05) is 26.8 Å². The highest BCUT2D eigenvalue weighted by atomic mass is 16.5. The summed E-state index contributed by atoms with van der Waals surface area (Å²) >= 11 is 0. The third-order valence-corrected chi connectivity index (χ3v) is 2.80. The van der Waals surface area contributed by atoms with Crippen LogP contribution in [0.2, 0.25) is 0 Å². The SMILES string of the molecule is CCC(O)CN(CCOC)Cc1ccccc1. The number of rotatable bonds is 8. The van der Waals surface area contributed by atoms with Crippen molar-refractivity contribution in [2.24, 2.45) is 0 Å². The molecule has 1 N–H and O–H groups in total. The van der Waals surface area contributed by atoms with Crippen molar-refractivity contribution in [3.8, 4) is 0 Å². The summed E-state index contributed by atoms with van der Waals surface area (Å²) in [5.74, 6) is 0. The molecule has 0 aliphatic carbocycles. The molecular weight excluding hydrogens is 214 g/mol. The number of nitrogens with zero attached hydrogens (tertiary/aromatic N) is 1. The molecular formula is C14H23NO2. The number of hydrogen-bond donors (Lipinski definition) is 1. The fraction of sp³-hybridized carbons (Fsp3) is 0.571. The lowest BCUT2D eigenvalue weighted by Gasteiger charge is -2.24. The molecule has 17 heavy (non-hydrogen) atoms. The highest BCUT2D eigenvalue weighted by Crippen LogP contribution is 2.06. The molecule has 0 bridgehead atoms. The molecule has 0 heterocycles. The van der Waals surface area contributed by atoms with E-state index in [1.54, 1.807) is 7.11 Å². The summed E-state index contributed by atoms with van der Waals surface area (Å²) in [5.41, 5.74) is 1.27. The third-order valence-electron chi connectivity index (χ3n) is 2.80. The van der Waals surface area contributed by atoms with Crippen LogP contribution in [0.5, 0.6) is 0 Å². The summed E-state index contributed by atoms with van der Waals surface area (Å²) in [7, 11) is 1.71. The molecule has 0 aromatic heterocycles. The molecule has 0 amide bonds. The topological polar surface area (TPSA) is 32.7 Å². The molecule has 0 saturated carbocycles. The van der Waals surface area contributed by atoms with Gasteiger partial charge in [0.05, 0.1) is 12.7 Å². The lowest BCUT2D eigenvalue weighted by Crippen LogP contribution is -2.34. The molecule has 1 rings (SSSR count). The number of ether oxygens (including phenoxy) is 1. The van der Waals surface area contributed by atoms with Crippen molar-refractivity contribution in [1.82, 2.24) is 4.90 Å². The van der Waals surface area contributed by atoms with Gasteiger partial charge < -0.3 is 9.84 Å². The van der Waals surface area contributed by atoms with E-state index in [1.165, 1.54) is 5.56 Å². The first-order valence-corrected chi connectivity index (χ1v) is 6.19. The maximum atomic E-state index is 9.72. The van der Waals surface area contributed by atoms with Gasteiger partial charge in [-0.1, -0.05) is 37.3 Å². The maximum absolute atomic E-state index is 9.72. The van der Waals surface area contributed by atoms with Gasteiger partial charge in [-0.3, -0.25) is 4.90 Å². The van der Waals surface area contributed by atoms with Crippen LogP contribution in [-0.2, 0) is 11.3 Å². The fourth-order valence-electron chi connectivity index (χ4n) is 1.72. The monoisotopic (exact) mass is 237 g/mol. The highest BCUT2D eigenvalue weighted by Gasteiger charge is 2.10. The maximum Gasteiger partial charge on any atom is 0.0664 e. The van der Waals surface area contributed by atoms with E-state index in [0.717, 1.165) is 19.5 Å². The Bertz CT molecular complexity index is 290. The van der Waals surface area contributed by atoms with Crippen LogP contribution in [0.1, 0.15) is 18.9 Å². The van der Waals surface area contributed by atoms with Crippen LogP contribution in [0.3, 0.4) is 0 Å². The largest absolute Gasteiger partial charge is 0.392 e. The summed E-state index contributed by atoms with van der Waals surface area (Å²) < 4.78 is 5.10. The van der Waals surface area contributed by atoms with Crippen LogP contribution in [0.15, 0.2) is 30.3 Å². The van der Waals surface area contributed by atoms with Crippen molar-refractivity contribution in [3.63, 3.8) is 0 Å². The Kier molecular flexibility index (Phi) is 6.86. The molecule has 1 aromatic carbocycles. The first-order valence-electron chi connectivity index (χ1n) is 6.19. The second-order valence-electron chi connectivity index (χ2n) is 4.28. The number of hydrogen-bond acceptors (Lipinski definition) is 3. The zero-order valence-electron chi connectivity index (χ0n) is 10.8. The minimum absolute atomic E-state index is 0.254. The van der Waals surface area contributed by atoms with E-state index < -0.39 is 0 Å². The van der Waals surface area contributed by atoms with E-state index in [1.807, 2.05) is 25.1 Å². The zero-order chi connectivity index (χ0) is 12.5. The third kappa shape index (κ3) is 5.82. The predicted octanol–water partition coefficient (Wildman–Crippen LogP) is 1.91. The van der Waals surface area contributed by atoms with Crippen molar-refractivity contribution in [1.29, 1.82) is 0 Å². The smallest absolute Gasteiger partial charge is 0.0664 e. The van der Waals surface area contributed by atoms with Crippen molar-refractivity contribution >= 4 is 0 Å². The number of methoxy groups -OCH3 is 1. The van der Waals surface area contributed by atoms with Gasteiger partial charge in [0.1, 0.15) is 0 Å². The van der Waals surface area contributed by atoms with Gasteiger partial charge in [0.15, 0.2) is 0 Å². The van der Waals surface area contributed by atoms with E-state index in [2.05, 4.69) is 17.0 Å². The molecule has 3 heteroatoms. The average Bonchev–Trinajstić information content (AvgIpc) is 2.37. The van der Waals surface area contributed by atoms with E-state index in [-0.39, 0.29) is 6.10 Å². The molecule has 96 valence electrons. The van der Waals surface area contributed by atoms with Gasteiger partial charge in [-0.15, -0.1) is 0 Å². The molecule has 0 aliphatic rings. The summed E-state index contributed by atoms with van der Waals surface area (Å²) in [6, 6.07) is 10.3. The minimum Gasteiger partial charge on any atom is -0.392 e. The number of aliphatic hydroxyl groups excluding tert-OH is 1. The molecule has 3 nitrogen and oxygen atoms in total. The van der Waals surface area contributed by atoms with Crippen molar-refractivity contribution < 1.29 is 9.84 Å². The molecule has 1 atom stereocenters. The second kappa shape index (κ2) is 8.23. The lowest BCUT2D eigenvalue weighted by atomic mass is 10.2. The zero-order valence-corrected chi connectivity index (χ0v) is 10.8. The Labute approximate surface area is 104 Å². The molecule has 1 aromatic rings. The van der Waals surface area contributed by atoms with Gasteiger partial charge in [-0.2, -0.15) is 0 Å². The molecule has 0 radical (unpaired) electrons. The number of aliphatic hydroxyl groups is 1. The van der Waals surface area contributed by atoms with Gasteiger partial charge in [0.2, 0.25) is 0 Å². The van der Waals surface area contributed by atoms with Gasteiger partial charge in [-0.25, -0.2) is 0 Å². The number of benzene rings is 1. The first kappa shape index (κ1) is 14.2. The predicted molar refractivity (Wildman–Crippen MR) is 69.9 cm³/mol. The molecule has 1 unspecified atom stereocenters. The van der Waals surface area contributed by atoms with E-state index >= 15 is 0 Å². The first-order chi connectivity index (χ1) is 8.26. The average molecular weight is 237 g/mol. The standard InChI is InChI=1S/C14H23NO2/c1-3-14(16)12-15(9-10-17-2)11-13-7-5-4-6-8-13/h4-8,14,16H,3,9-12H2,1-2H3. The van der Waals surface area contributed by atoms with E-state index in [0.29, 0.717) is 13.2 Å². The molecule has 0 aliphatic heterocycles. The van der Waals surface area contributed by atoms with Crippen LogP contribution in [0.4, 0.5) is 0 Å². The van der Waals surface area contributed by atoms with Crippen LogP contribution in [0, 0.1) is 0 Å². The van der Waals surface area contributed by atoms with E-state index in [4.69, 9.17) is 4.74 Å². The van der Waals surface area contributed by atoms with Gasteiger partial charge in [0, 0.05) is 26.7 Å². The van der Waals surface area contributed by atoms with Crippen LogP contribution < -0.4 is 0 Å². The van der Waals surface area contributed by atoms with E-state index in [9.17, 15) is 5.11 Å². The van der Waals surface area contributed by atoms with Crippen LogP contribution in [-0.4, -0.2) is 42.9 Å². The Morgan fingerprint density at radius 2 is 2.00 bits per heavy atom.